The van der Waals surface area contributed by atoms with Gasteiger partial charge in [-0.15, -0.1) is 35.3 Å². The van der Waals surface area contributed by atoms with Gasteiger partial charge in [-0.1, -0.05) is 6.92 Å². The summed E-state index contributed by atoms with van der Waals surface area (Å²) in [7, 11) is 3.71. The van der Waals surface area contributed by atoms with E-state index in [1.165, 1.54) is 15.6 Å². The minimum atomic E-state index is 0. The predicted octanol–water partition coefficient (Wildman–Crippen LogP) is 2.27. The molecule has 2 N–H and O–H groups in total. The summed E-state index contributed by atoms with van der Waals surface area (Å²) in [6, 6.07) is 1.99. The van der Waals surface area contributed by atoms with Crippen LogP contribution in [0.15, 0.2) is 17.3 Å². The van der Waals surface area contributed by atoms with Crippen LogP contribution in [0.25, 0.3) is 0 Å². The lowest BCUT2D eigenvalue weighted by atomic mass is 10.3. The van der Waals surface area contributed by atoms with Crippen LogP contribution in [0.1, 0.15) is 28.2 Å². The van der Waals surface area contributed by atoms with Crippen LogP contribution in [0.5, 0.6) is 0 Å². The van der Waals surface area contributed by atoms with Gasteiger partial charge in [-0.05, 0) is 19.4 Å². The molecule has 0 unspecified atom stereocenters. The van der Waals surface area contributed by atoms with Gasteiger partial charge < -0.3 is 10.6 Å². The van der Waals surface area contributed by atoms with Crippen LogP contribution < -0.4 is 10.6 Å². The monoisotopic (exact) mass is 448 g/mol. The summed E-state index contributed by atoms with van der Waals surface area (Å²) in [5.74, 6) is 0.796. The molecule has 0 fully saturated rings. The first kappa shape index (κ1) is 19.9. The largest absolute Gasteiger partial charge is 0.356 e. The van der Waals surface area contributed by atoms with Crippen LogP contribution in [0.2, 0.25) is 0 Å². The number of rotatable bonds is 6. The zero-order valence-electron chi connectivity index (χ0n) is 14.1. The summed E-state index contributed by atoms with van der Waals surface area (Å²) in [4.78, 5) is 10.2. The first-order valence-corrected chi connectivity index (χ1v) is 8.32. The van der Waals surface area contributed by atoms with E-state index in [4.69, 9.17) is 0 Å². The minimum absolute atomic E-state index is 0. The summed E-state index contributed by atoms with van der Waals surface area (Å²) in [6.07, 6.45) is 3.71. The average molecular weight is 448 g/mol. The van der Waals surface area contributed by atoms with Crippen molar-refractivity contribution in [2.24, 2.45) is 12.0 Å². The number of halogens is 1. The molecule has 0 aliphatic rings. The third kappa shape index (κ3) is 5.76. The molecule has 128 valence electrons. The predicted molar refractivity (Wildman–Crippen MR) is 107 cm³/mol. The summed E-state index contributed by atoms with van der Waals surface area (Å²) in [6.45, 7) is 5.81. The van der Waals surface area contributed by atoms with Gasteiger partial charge in [0, 0.05) is 38.1 Å². The molecule has 0 saturated carbocycles. The van der Waals surface area contributed by atoms with Gasteiger partial charge in [-0.25, -0.2) is 4.98 Å². The van der Waals surface area contributed by atoms with Gasteiger partial charge in [-0.3, -0.25) is 9.67 Å². The maximum absolute atomic E-state index is 4.66. The number of nitrogens with one attached hydrogen (secondary N) is 2. The van der Waals surface area contributed by atoms with E-state index in [0.29, 0.717) is 6.54 Å². The number of nitrogens with zero attached hydrogens (tertiary/aromatic N) is 4. The Labute approximate surface area is 158 Å². The fourth-order valence-electron chi connectivity index (χ4n) is 2.18. The van der Waals surface area contributed by atoms with Gasteiger partial charge in [0.2, 0.25) is 0 Å². The molecule has 2 rings (SSSR count). The van der Waals surface area contributed by atoms with E-state index in [-0.39, 0.29) is 24.0 Å². The molecule has 0 aliphatic carbocycles. The molecule has 0 aromatic carbocycles. The molecular formula is C15H25IN6S. The Hall–Kier alpha value is -1.16. The Morgan fingerprint density at radius 1 is 1.39 bits per heavy atom. The molecular weight excluding hydrogens is 423 g/mol. The number of guanidine groups is 1. The maximum Gasteiger partial charge on any atom is 0.191 e. The van der Waals surface area contributed by atoms with Gasteiger partial charge in [0.1, 0.15) is 0 Å². The third-order valence-corrected chi connectivity index (χ3v) is 4.56. The standard InChI is InChI=1S/C15H24N6S.HI/c1-5-13-11(2)22-14(20-13)7-8-17-15(16-3)18-10-12-6-9-19-21(12)4;/h6,9H,5,7-8,10H2,1-4H3,(H2,16,17,18);1H. The summed E-state index contributed by atoms with van der Waals surface area (Å²) < 4.78 is 1.85. The highest BCUT2D eigenvalue weighted by Gasteiger charge is 2.06. The van der Waals surface area contributed by atoms with Crippen molar-refractivity contribution in [3.8, 4) is 0 Å². The fraction of sp³-hybridized carbons (Fsp3) is 0.533. The molecule has 0 amide bonds. The van der Waals surface area contributed by atoms with E-state index in [2.05, 4.69) is 39.6 Å². The molecule has 2 aromatic rings. The lowest BCUT2D eigenvalue weighted by Crippen LogP contribution is -2.38. The van der Waals surface area contributed by atoms with Crippen molar-refractivity contribution in [3.63, 3.8) is 0 Å². The zero-order valence-corrected chi connectivity index (χ0v) is 17.2. The molecule has 0 bridgehead atoms. The van der Waals surface area contributed by atoms with Crippen molar-refractivity contribution >= 4 is 41.3 Å². The van der Waals surface area contributed by atoms with Crippen LogP contribution in [-0.4, -0.2) is 34.3 Å². The second-order valence-electron chi connectivity index (χ2n) is 5.01. The fourth-order valence-corrected chi connectivity index (χ4v) is 3.20. The summed E-state index contributed by atoms with van der Waals surface area (Å²) in [5, 5.41) is 11.9. The van der Waals surface area contributed by atoms with Crippen LogP contribution >= 0.6 is 35.3 Å². The van der Waals surface area contributed by atoms with E-state index in [0.717, 1.165) is 31.0 Å². The molecule has 0 spiro atoms. The van der Waals surface area contributed by atoms with Crippen molar-refractivity contribution in [2.75, 3.05) is 13.6 Å². The Morgan fingerprint density at radius 3 is 2.74 bits per heavy atom. The molecule has 8 heteroatoms. The van der Waals surface area contributed by atoms with Gasteiger partial charge in [-0.2, -0.15) is 5.10 Å². The first-order valence-electron chi connectivity index (χ1n) is 7.50. The summed E-state index contributed by atoms with van der Waals surface area (Å²) >= 11 is 1.79. The van der Waals surface area contributed by atoms with Crippen LogP contribution in [-0.2, 0) is 26.4 Å². The van der Waals surface area contributed by atoms with E-state index in [1.54, 1.807) is 24.6 Å². The molecule has 23 heavy (non-hydrogen) atoms. The minimum Gasteiger partial charge on any atom is -0.356 e. The Balaban J connectivity index is 0.00000264. The zero-order chi connectivity index (χ0) is 15.9. The Bertz CT molecular complexity index is 634. The summed E-state index contributed by atoms with van der Waals surface area (Å²) in [5.41, 5.74) is 2.34. The van der Waals surface area contributed by atoms with Crippen LogP contribution in [0.3, 0.4) is 0 Å². The third-order valence-electron chi connectivity index (χ3n) is 3.49. The number of hydrogen-bond donors (Lipinski definition) is 2. The van der Waals surface area contributed by atoms with E-state index < -0.39 is 0 Å². The van der Waals surface area contributed by atoms with Gasteiger partial charge in [0.25, 0.3) is 0 Å². The number of aromatic nitrogens is 3. The van der Waals surface area contributed by atoms with Crippen LogP contribution in [0.4, 0.5) is 0 Å². The lowest BCUT2D eigenvalue weighted by Gasteiger charge is -2.11. The van der Waals surface area contributed by atoms with Gasteiger partial charge in [0.15, 0.2) is 5.96 Å². The highest BCUT2D eigenvalue weighted by atomic mass is 127. The second kappa shape index (κ2) is 9.86. The van der Waals surface area contributed by atoms with Gasteiger partial charge in [0.05, 0.1) is 22.9 Å². The van der Waals surface area contributed by atoms with Crippen molar-refractivity contribution in [3.05, 3.63) is 33.5 Å². The molecule has 0 saturated heterocycles. The van der Waals surface area contributed by atoms with Crippen molar-refractivity contribution in [2.45, 2.75) is 33.2 Å². The highest BCUT2D eigenvalue weighted by molar-refractivity contribution is 14.0. The van der Waals surface area contributed by atoms with Crippen LogP contribution in [0, 0.1) is 6.92 Å². The number of aliphatic imine (C=N–C) groups is 1. The molecule has 6 nitrogen and oxygen atoms in total. The van der Waals surface area contributed by atoms with E-state index in [9.17, 15) is 0 Å². The quantitative estimate of drug-likeness (QED) is 0.404. The van der Waals surface area contributed by atoms with E-state index >= 15 is 0 Å². The van der Waals surface area contributed by atoms with Crippen molar-refractivity contribution in [1.29, 1.82) is 0 Å². The number of hydrogen-bond acceptors (Lipinski definition) is 4. The first-order chi connectivity index (χ1) is 10.6. The van der Waals surface area contributed by atoms with E-state index in [1.807, 2.05) is 17.8 Å². The SMILES string of the molecule is CCc1nc(CCNC(=NC)NCc2ccnn2C)sc1C.I. The van der Waals surface area contributed by atoms with Crippen molar-refractivity contribution < 1.29 is 0 Å². The topological polar surface area (TPSA) is 67.1 Å². The highest BCUT2D eigenvalue weighted by Crippen LogP contribution is 2.17. The average Bonchev–Trinajstić information content (AvgIpc) is 3.08. The Kier molecular flexibility index (Phi) is 8.53. The smallest absolute Gasteiger partial charge is 0.191 e. The molecule has 0 radical (unpaired) electrons. The maximum atomic E-state index is 4.66. The number of thiazole rings is 1. The van der Waals surface area contributed by atoms with Crippen molar-refractivity contribution in [1.82, 2.24) is 25.4 Å². The molecule has 0 aliphatic heterocycles. The second-order valence-corrected chi connectivity index (χ2v) is 6.30. The lowest BCUT2D eigenvalue weighted by molar-refractivity contribution is 0.684. The molecule has 2 aromatic heterocycles. The number of aryl methyl sites for hydroxylation is 3. The van der Waals surface area contributed by atoms with Gasteiger partial charge >= 0.3 is 0 Å². The normalized spacial score (nSPS) is 11.2. The molecule has 2 heterocycles. The Morgan fingerprint density at radius 2 is 2.17 bits per heavy atom. The molecule has 0 atom stereocenters.